The molecule has 35 heavy (non-hydrogen) atoms. The summed E-state index contributed by atoms with van der Waals surface area (Å²) in [5, 5.41) is 0.712. The minimum absolute atomic E-state index is 0.167. The zero-order valence-corrected chi connectivity index (χ0v) is 18.1. The minimum atomic E-state index is -4.53. The molecular formula is C25H18F4N4O2. The van der Waals surface area contributed by atoms with Crippen molar-refractivity contribution < 1.29 is 27.1 Å². The predicted molar refractivity (Wildman–Crippen MR) is 121 cm³/mol. The molecule has 1 amide bonds. The molecule has 0 atom stereocenters. The van der Waals surface area contributed by atoms with E-state index in [0.29, 0.717) is 36.1 Å². The fourth-order valence-corrected chi connectivity index (χ4v) is 4.03. The maximum Gasteiger partial charge on any atom is 0.417 e. The lowest BCUT2D eigenvalue weighted by atomic mass is 10.0. The second-order valence-electron chi connectivity index (χ2n) is 8.09. The summed E-state index contributed by atoms with van der Waals surface area (Å²) in [5.74, 6) is -0.670. The Kier molecular flexibility index (Phi) is 5.60. The number of ether oxygens (including phenoxy) is 1. The van der Waals surface area contributed by atoms with E-state index in [4.69, 9.17) is 10.5 Å². The van der Waals surface area contributed by atoms with Crippen LogP contribution in [0.15, 0.2) is 60.8 Å². The molecule has 10 heteroatoms. The molecule has 4 aromatic rings. The lowest BCUT2D eigenvalue weighted by Crippen LogP contribution is -2.31. The van der Waals surface area contributed by atoms with Crippen LogP contribution < -0.4 is 10.6 Å². The molecule has 0 aliphatic carbocycles. The Hall–Kier alpha value is -4.05. The quantitative estimate of drug-likeness (QED) is 0.402. The van der Waals surface area contributed by atoms with Gasteiger partial charge in [0.25, 0.3) is 5.91 Å². The highest BCUT2D eigenvalue weighted by Crippen LogP contribution is 2.33. The van der Waals surface area contributed by atoms with E-state index in [2.05, 4.69) is 9.97 Å². The second-order valence-corrected chi connectivity index (χ2v) is 8.09. The largest absolute Gasteiger partial charge is 0.417 e. The summed E-state index contributed by atoms with van der Waals surface area (Å²) < 4.78 is 58.3. The number of nitrogen functional groups attached to an aromatic ring is 1. The average molecular weight is 482 g/mol. The fourth-order valence-electron chi connectivity index (χ4n) is 4.03. The number of halogens is 4. The van der Waals surface area contributed by atoms with Crippen LogP contribution in [0.2, 0.25) is 0 Å². The molecule has 6 nitrogen and oxygen atoms in total. The third-order valence-corrected chi connectivity index (χ3v) is 5.81. The zero-order valence-electron chi connectivity index (χ0n) is 18.1. The topological polar surface area (TPSA) is 81.3 Å². The van der Waals surface area contributed by atoms with Crippen molar-refractivity contribution >= 4 is 28.3 Å². The third-order valence-electron chi connectivity index (χ3n) is 5.81. The van der Waals surface area contributed by atoms with Crippen molar-refractivity contribution in [3.8, 4) is 0 Å². The summed E-state index contributed by atoms with van der Waals surface area (Å²) in [5.41, 5.74) is 8.08. The lowest BCUT2D eigenvalue weighted by Gasteiger charge is -2.23. The van der Waals surface area contributed by atoms with Crippen molar-refractivity contribution in [2.24, 2.45) is 0 Å². The number of aromatic nitrogens is 2. The van der Waals surface area contributed by atoms with Gasteiger partial charge in [-0.3, -0.25) is 9.78 Å². The van der Waals surface area contributed by atoms with E-state index in [1.807, 2.05) is 0 Å². The van der Waals surface area contributed by atoms with E-state index in [-0.39, 0.29) is 23.5 Å². The first kappa shape index (κ1) is 22.7. The van der Waals surface area contributed by atoms with Gasteiger partial charge in [0.1, 0.15) is 11.6 Å². The summed E-state index contributed by atoms with van der Waals surface area (Å²) >= 11 is 0. The maximum absolute atomic E-state index is 14.0. The maximum atomic E-state index is 14.0. The van der Waals surface area contributed by atoms with E-state index in [1.54, 1.807) is 24.3 Å². The average Bonchev–Trinajstić information content (AvgIpc) is 3.33. The molecule has 0 unspecified atom stereocenters. The van der Waals surface area contributed by atoms with Gasteiger partial charge in [-0.05, 0) is 54.1 Å². The summed E-state index contributed by atoms with van der Waals surface area (Å²) in [6, 6.07) is 12.4. The number of amides is 1. The number of carbonyl (C=O) groups excluding carboxylic acids is 1. The van der Waals surface area contributed by atoms with Gasteiger partial charge in [-0.15, -0.1) is 0 Å². The number of pyridine rings is 2. The molecule has 2 aromatic heterocycles. The van der Waals surface area contributed by atoms with E-state index < -0.39 is 23.5 Å². The Morgan fingerprint density at radius 1 is 1.06 bits per heavy atom. The molecule has 1 aliphatic heterocycles. The van der Waals surface area contributed by atoms with Crippen molar-refractivity contribution in [3.63, 3.8) is 0 Å². The monoisotopic (exact) mass is 482 g/mol. The number of hydrogen-bond acceptors (Lipinski definition) is 5. The number of alkyl halides is 3. The van der Waals surface area contributed by atoms with Crippen LogP contribution >= 0.6 is 0 Å². The molecule has 0 saturated heterocycles. The lowest BCUT2D eigenvalue weighted by molar-refractivity contribution is -0.137. The third kappa shape index (κ3) is 4.40. The number of carbonyl (C=O) groups is 1. The van der Waals surface area contributed by atoms with Gasteiger partial charge in [0.2, 0.25) is 0 Å². The first-order valence-corrected chi connectivity index (χ1v) is 10.6. The molecule has 5 rings (SSSR count). The molecule has 0 bridgehead atoms. The van der Waals surface area contributed by atoms with Crippen LogP contribution in [0.4, 0.5) is 29.1 Å². The molecule has 0 saturated carbocycles. The van der Waals surface area contributed by atoms with Gasteiger partial charge in [-0.25, -0.2) is 9.37 Å². The highest BCUT2D eigenvalue weighted by atomic mass is 19.4. The summed E-state index contributed by atoms with van der Waals surface area (Å²) in [6.45, 7) is 0.496. The fraction of sp³-hybridized carbons (Fsp3) is 0.160. The van der Waals surface area contributed by atoms with Gasteiger partial charge in [0.15, 0.2) is 0 Å². The van der Waals surface area contributed by atoms with Gasteiger partial charge in [0, 0.05) is 28.4 Å². The molecule has 2 N–H and O–H groups in total. The Morgan fingerprint density at radius 2 is 1.86 bits per heavy atom. The molecule has 0 fully saturated rings. The second kappa shape index (κ2) is 8.62. The van der Waals surface area contributed by atoms with Gasteiger partial charge in [-0.2, -0.15) is 13.2 Å². The number of nitrogens with zero attached hydrogens (tertiary/aromatic N) is 3. The first-order valence-electron chi connectivity index (χ1n) is 10.6. The van der Waals surface area contributed by atoms with Crippen molar-refractivity contribution in [3.05, 3.63) is 94.6 Å². The first-order chi connectivity index (χ1) is 16.7. The van der Waals surface area contributed by atoms with E-state index in [9.17, 15) is 22.4 Å². The van der Waals surface area contributed by atoms with Gasteiger partial charge in [-0.1, -0.05) is 6.07 Å². The van der Waals surface area contributed by atoms with Crippen LogP contribution in [-0.2, 0) is 30.7 Å². The number of rotatable bonds is 4. The van der Waals surface area contributed by atoms with E-state index in [0.717, 1.165) is 17.2 Å². The Morgan fingerprint density at radius 3 is 2.57 bits per heavy atom. The molecule has 3 heterocycles. The highest BCUT2D eigenvalue weighted by Gasteiger charge is 2.31. The molecule has 0 spiro atoms. The minimum Gasteiger partial charge on any atom is -0.383 e. The van der Waals surface area contributed by atoms with E-state index in [1.165, 1.54) is 29.2 Å². The standard InChI is InChI=1S/C25H18F4N4O2/c26-16-2-1-3-18(9-16)33(11-17-6-5-15(10-31-17)25(27,28)29)24(34)14-4-7-22-19(8-14)20-12-35-13-21(20)23(30)32-22/h1-10H,11-13H2,(H2,30,32). The molecule has 0 radical (unpaired) electrons. The Labute approximate surface area is 197 Å². The number of fused-ring (bicyclic) bond motifs is 3. The highest BCUT2D eigenvalue weighted by molar-refractivity contribution is 6.08. The van der Waals surface area contributed by atoms with Crippen molar-refractivity contribution in [1.29, 1.82) is 0 Å². The number of benzene rings is 2. The molecule has 1 aliphatic rings. The van der Waals surface area contributed by atoms with Crippen LogP contribution in [0, 0.1) is 5.82 Å². The van der Waals surface area contributed by atoms with E-state index >= 15 is 0 Å². The Balaban J connectivity index is 1.54. The molecule has 2 aromatic carbocycles. The van der Waals surface area contributed by atoms with Crippen LogP contribution in [0.5, 0.6) is 0 Å². The zero-order chi connectivity index (χ0) is 24.7. The smallest absolute Gasteiger partial charge is 0.383 e. The summed E-state index contributed by atoms with van der Waals surface area (Å²) in [6.07, 6.45) is -3.82. The van der Waals surface area contributed by atoms with Gasteiger partial charge in [0.05, 0.1) is 36.5 Å². The van der Waals surface area contributed by atoms with Crippen molar-refractivity contribution in [2.45, 2.75) is 25.9 Å². The molecular weight excluding hydrogens is 464 g/mol. The predicted octanol–water partition coefficient (Wildman–Crippen LogP) is 5.25. The number of anilines is 2. The van der Waals surface area contributed by atoms with Crippen LogP contribution in [-0.4, -0.2) is 15.9 Å². The van der Waals surface area contributed by atoms with Crippen molar-refractivity contribution in [1.82, 2.24) is 9.97 Å². The number of nitrogens with two attached hydrogens (primary N) is 1. The van der Waals surface area contributed by atoms with Crippen LogP contribution in [0.1, 0.15) is 32.7 Å². The molecule has 178 valence electrons. The normalized spacial score (nSPS) is 13.1. The van der Waals surface area contributed by atoms with Crippen LogP contribution in [0.3, 0.4) is 0 Å². The summed E-state index contributed by atoms with van der Waals surface area (Å²) in [4.78, 5) is 23.1. The Bertz CT molecular complexity index is 1440. The van der Waals surface area contributed by atoms with Crippen LogP contribution in [0.25, 0.3) is 10.9 Å². The van der Waals surface area contributed by atoms with Gasteiger partial charge >= 0.3 is 6.18 Å². The van der Waals surface area contributed by atoms with Crippen molar-refractivity contribution in [2.75, 3.05) is 10.6 Å². The SMILES string of the molecule is Nc1nc2ccc(C(=O)N(Cc3ccc(C(F)(F)F)cn3)c3cccc(F)c3)cc2c2c1COC2. The summed E-state index contributed by atoms with van der Waals surface area (Å²) in [7, 11) is 0. The van der Waals surface area contributed by atoms with Gasteiger partial charge < -0.3 is 15.4 Å². The number of hydrogen-bond donors (Lipinski definition) is 1.